The van der Waals surface area contributed by atoms with E-state index in [9.17, 15) is 9.18 Å². The molecule has 1 saturated heterocycles. The zero-order valence-electron chi connectivity index (χ0n) is 14.7. The molecule has 0 saturated carbocycles. The molecule has 2 rings (SSSR count). The Morgan fingerprint density at radius 1 is 1.35 bits per heavy atom. The molecule has 1 N–H and O–H groups in total. The predicted molar refractivity (Wildman–Crippen MR) is 99.4 cm³/mol. The van der Waals surface area contributed by atoms with Crippen molar-refractivity contribution < 1.29 is 13.9 Å². The summed E-state index contributed by atoms with van der Waals surface area (Å²) in [7, 11) is 0. The van der Waals surface area contributed by atoms with Crippen LogP contribution < -0.4 is 0 Å². The predicted octanol–water partition coefficient (Wildman–Crippen LogP) is 3.65. The van der Waals surface area contributed by atoms with Gasteiger partial charge in [-0.25, -0.2) is 19.2 Å². The summed E-state index contributed by atoms with van der Waals surface area (Å²) in [6.07, 6.45) is 0.892. The highest BCUT2D eigenvalue weighted by atomic mass is 35.5. The molecule has 1 amide bonds. The summed E-state index contributed by atoms with van der Waals surface area (Å²) >= 11 is 11.1. The van der Waals surface area contributed by atoms with Crippen LogP contribution in [0.5, 0.6) is 0 Å². The van der Waals surface area contributed by atoms with Crippen LogP contribution in [0, 0.1) is 11.2 Å². The molecule has 1 aliphatic heterocycles. The standard InChI is InChI=1S/C16H20Cl2FN5O2/c1-16(2,3)26-15(25)24-6-4-23(5-7-24)14(20)10-8-21-13(18)11(19)12(10)22-9-17/h8-9,20H,4-7H2,1-3H3/b20-14?,22-9+. The van der Waals surface area contributed by atoms with Crippen LogP contribution in [0.25, 0.3) is 0 Å². The smallest absolute Gasteiger partial charge is 0.410 e. The van der Waals surface area contributed by atoms with E-state index in [1.807, 2.05) is 0 Å². The van der Waals surface area contributed by atoms with Crippen LogP contribution >= 0.6 is 23.2 Å². The van der Waals surface area contributed by atoms with Crippen LogP contribution in [-0.2, 0) is 4.74 Å². The topological polar surface area (TPSA) is 81.9 Å². The third-order valence-corrected chi connectivity index (χ3v) is 3.99. The maximum Gasteiger partial charge on any atom is 0.410 e. The molecule has 0 radical (unpaired) electrons. The van der Waals surface area contributed by atoms with E-state index in [-0.39, 0.29) is 22.2 Å². The molecular weight excluding hydrogens is 384 g/mol. The second kappa shape index (κ2) is 8.18. The van der Waals surface area contributed by atoms with Gasteiger partial charge < -0.3 is 14.5 Å². The molecule has 2 heterocycles. The lowest BCUT2D eigenvalue weighted by Crippen LogP contribution is -2.51. The number of halogens is 3. The van der Waals surface area contributed by atoms with E-state index < -0.39 is 17.5 Å². The third kappa shape index (κ3) is 4.82. The van der Waals surface area contributed by atoms with Crippen molar-refractivity contribution in [2.45, 2.75) is 26.4 Å². The van der Waals surface area contributed by atoms with Gasteiger partial charge in [-0.15, -0.1) is 0 Å². The molecule has 1 aliphatic rings. The van der Waals surface area contributed by atoms with E-state index >= 15 is 0 Å². The quantitative estimate of drug-likeness (QED) is 0.464. The molecule has 0 unspecified atom stereocenters. The van der Waals surface area contributed by atoms with Crippen molar-refractivity contribution >= 4 is 46.5 Å². The highest BCUT2D eigenvalue weighted by molar-refractivity contribution is 6.56. The number of carbonyl (C=O) groups excluding carboxylic acids is 1. The number of carbonyl (C=O) groups is 1. The van der Waals surface area contributed by atoms with Crippen LogP contribution in [0.1, 0.15) is 26.3 Å². The molecule has 7 nitrogen and oxygen atoms in total. The first-order valence-electron chi connectivity index (χ1n) is 7.92. The Morgan fingerprint density at radius 2 is 1.92 bits per heavy atom. The van der Waals surface area contributed by atoms with Gasteiger partial charge in [0.15, 0.2) is 11.0 Å². The van der Waals surface area contributed by atoms with Gasteiger partial charge in [-0.1, -0.05) is 23.2 Å². The zero-order valence-corrected chi connectivity index (χ0v) is 16.2. The molecular formula is C16H20Cl2FN5O2. The van der Waals surface area contributed by atoms with Gasteiger partial charge in [0.25, 0.3) is 0 Å². The monoisotopic (exact) mass is 403 g/mol. The van der Waals surface area contributed by atoms with Gasteiger partial charge in [0.05, 0.1) is 11.2 Å². The van der Waals surface area contributed by atoms with Gasteiger partial charge in [0, 0.05) is 32.4 Å². The first-order valence-corrected chi connectivity index (χ1v) is 8.74. The number of aromatic nitrogens is 1. The van der Waals surface area contributed by atoms with Crippen LogP contribution in [0.2, 0.25) is 5.15 Å². The van der Waals surface area contributed by atoms with E-state index in [0.29, 0.717) is 26.2 Å². The molecule has 0 atom stereocenters. The Hall–Kier alpha value is -1.93. The zero-order chi connectivity index (χ0) is 19.5. The number of aliphatic imine (C=N–C) groups is 1. The minimum absolute atomic E-state index is 0.0363. The number of ether oxygens (including phenoxy) is 1. The molecule has 1 fully saturated rings. The number of amidine groups is 1. The number of amides is 1. The number of nitrogens with zero attached hydrogens (tertiary/aromatic N) is 4. The van der Waals surface area contributed by atoms with Gasteiger partial charge in [-0.05, 0) is 20.8 Å². The maximum atomic E-state index is 14.2. The Kier molecular flexibility index (Phi) is 6.41. The van der Waals surface area contributed by atoms with Crippen LogP contribution in [0.3, 0.4) is 0 Å². The fourth-order valence-corrected chi connectivity index (χ4v) is 2.65. The number of rotatable bonds is 2. The van der Waals surface area contributed by atoms with Crippen LogP contribution in [0.15, 0.2) is 11.2 Å². The molecule has 1 aromatic heterocycles. The fourth-order valence-electron chi connectivity index (χ4n) is 2.41. The van der Waals surface area contributed by atoms with Crippen LogP contribution in [-0.4, -0.2) is 64.2 Å². The molecule has 0 bridgehead atoms. The van der Waals surface area contributed by atoms with Crippen molar-refractivity contribution in [3.63, 3.8) is 0 Å². The molecule has 1 aromatic rings. The minimum Gasteiger partial charge on any atom is -0.444 e. The summed E-state index contributed by atoms with van der Waals surface area (Å²) in [4.78, 5) is 22.9. The Morgan fingerprint density at radius 3 is 2.46 bits per heavy atom. The number of nitrogens with one attached hydrogen (secondary N) is 1. The summed E-state index contributed by atoms with van der Waals surface area (Å²) < 4.78 is 19.5. The van der Waals surface area contributed by atoms with Crippen molar-refractivity contribution in [3.8, 4) is 0 Å². The normalized spacial score (nSPS) is 15.5. The van der Waals surface area contributed by atoms with E-state index in [4.69, 9.17) is 33.3 Å². The van der Waals surface area contributed by atoms with Crippen molar-refractivity contribution in [1.29, 1.82) is 5.41 Å². The average molecular weight is 404 g/mol. The van der Waals surface area contributed by atoms with E-state index in [0.717, 1.165) is 5.67 Å². The van der Waals surface area contributed by atoms with Gasteiger partial charge in [-0.2, -0.15) is 0 Å². The van der Waals surface area contributed by atoms with Crippen LogP contribution in [0.4, 0.5) is 14.9 Å². The molecule has 26 heavy (non-hydrogen) atoms. The van der Waals surface area contributed by atoms with E-state index in [1.165, 1.54) is 6.20 Å². The fraction of sp³-hybridized carbons (Fsp3) is 0.500. The summed E-state index contributed by atoms with van der Waals surface area (Å²) in [5.41, 5.74) is 0.377. The average Bonchev–Trinajstić information content (AvgIpc) is 2.57. The number of hydrogen-bond acceptors (Lipinski definition) is 5. The number of hydrogen-bond donors (Lipinski definition) is 1. The Labute approximate surface area is 161 Å². The van der Waals surface area contributed by atoms with E-state index in [1.54, 1.807) is 30.6 Å². The second-order valence-corrected chi connectivity index (χ2v) is 7.21. The number of pyridine rings is 1. The summed E-state index contributed by atoms with van der Waals surface area (Å²) in [5.74, 6) is -0.799. The number of piperazine rings is 1. The SMILES string of the molecule is CC(C)(C)OC(=O)N1CCN(C(=N)c2cnc(Cl)c(F)c2/N=C/Cl)CC1. The highest BCUT2D eigenvalue weighted by Crippen LogP contribution is 2.28. The third-order valence-electron chi connectivity index (χ3n) is 3.63. The van der Waals surface area contributed by atoms with E-state index in [2.05, 4.69) is 9.98 Å². The Balaban J connectivity index is 2.10. The van der Waals surface area contributed by atoms with Gasteiger partial charge in [-0.3, -0.25) is 5.41 Å². The molecule has 10 heteroatoms. The van der Waals surface area contributed by atoms with Crippen molar-refractivity contribution in [2.75, 3.05) is 26.2 Å². The lowest BCUT2D eigenvalue weighted by Gasteiger charge is -2.36. The summed E-state index contributed by atoms with van der Waals surface area (Å²) in [6.45, 7) is 6.97. The highest BCUT2D eigenvalue weighted by Gasteiger charge is 2.28. The molecule has 0 aliphatic carbocycles. The molecule has 0 aromatic carbocycles. The minimum atomic E-state index is -0.835. The van der Waals surface area contributed by atoms with Crippen molar-refractivity contribution in [1.82, 2.24) is 14.8 Å². The maximum absolute atomic E-state index is 14.2. The summed E-state index contributed by atoms with van der Waals surface area (Å²) in [5, 5.41) is 8.01. The largest absolute Gasteiger partial charge is 0.444 e. The lowest BCUT2D eigenvalue weighted by molar-refractivity contribution is 0.0187. The molecule has 142 valence electrons. The summed E-state index contributed by atoms with van der Waals surface area (Å²) in [6, 6.07) is 0. The Bertz CT molecular complexity index is 728. The van der Waals surface area contributed by atoms with Gasteiger partial charge >= 0.3 is 6.09 Å². The molecule has 0 spiro atoms. The van der Waals surface area contributed by atoms with Crippen molar-refractivity contribution in [3.05, 3.63) is 22.7 Å². The van der Waals surface area contributed by atoms with Gasteiger partial charge in [0.1, 0.15) is 17.1 Å². The first-order chi connectivity index (χ1) is 12.1. The lowest BCUT2D eigenvalue weighted by atomic mass is 10.1. The van der Waals surface area contributed by atoms with Crippen molar-refractivity contribution in [2.24, 2.45) is 4.99 Å². The second-order valence-electron chi connectivity index (χ2n) is 6.66. The first kappa shape index (κ1) is 20.4. The van der Waals surface area contributed by atoms with Gasteiger partial charge in [0.2, 0.25) is 0 Å².